The number of aromatic nitrogens is 2. The summed E-state index contributed by atoms with van der Waals surface area (Å²) in [6.45, 7) is 2.76. The molecule has 3 aromatic rings. The van der Waals surface area contributed by atoms with Crippen molar-refractivity contribution in [1.29, 1.82) is 0 Å². The molecule has 0 unspecified atom stereocenters. The van der Waals surface area contributed by atoms with Crippen LogP contribution in [0.5, 0.6) is 5.75 Å². The van der Waals surface area contributed by atoms with Crippen LogP contribution in [0.2, 0.25) is 5.02 Å². The summed E-state index contributed by atoms with van der Waals surface area (Å²) in [5, 5.41) is 3.56. The molecule has 0 saturated carbocycles. The van der Waals surface area contributed by atoms with Crippen LogP contribution in [-0.2, 0) is 16.1 Å². The van der Waals surface area contributed by atoms with E-state index in [4.69, 9.17) is 26.1 Å². The standard InChI is InChI=1S/C24H22ClN3O5S/c1-13(22(30)14-4-7-20-19(9-14)26-21(29)12-33-20)34-24-27-18-10-15(25)5-6-17(18)23(31)28(24)11-16-3-2-8-32-16/h4-7,9-10,13,16H,2-3,8,11-12H2,1H3,(H,26,29)/t13-,16+/m1/s1. The van der Waals surface area contributed by atoms with Crippen LogP contribution in [0.25, 0.3) is 10.9 Å². The summed E-state index contributed by atoms with van der Waals surface area (Å²) in [6.07, 6.45) is 1.75. The lowest BCUT2D eigenvalue weighted by atomic mass is 10.1. The van der Waals surface area contributed by atoms with Gasteiger partial charge in [0.05, 0.1) is 34.5 Å². The van der Waals surface area contributed by atoms with Crippen LogP contribution in [0, 0.1) is 0 Å². The number of halogens is 1. The van der Waals surface area contributed by atoms with Crippen molar-refractivity contribution in [3.63, 3.8) is 0 Å². The average Bonchev–Trinajstić information content (AvgIpc) is 3.33. The van der Waals surface area contributed by atoms with E-state index in [1.807, 2.05) is 0 Å². The van der Waals surface area contributed by atoms with Crippen LogP contribution in [0.1, 0.15) is 30.1 Å². The van der Waals surface area contributed by atoms with E-state index in [0.29, 0.717) is 51.2 Å². The number of ether oxygens (including phenoxy) is 2. The van der Waals surface area contributed by atoms with Crippen LogP contribution in [0.4, 0.5) is 5.69 Å². The van der Waals surface area contributed by atoms with Gasteiger partial charge in [-0.25, -0.2) is 4.98 Å². The third-order valence-corrected chi connectivity index (χ3v) is 7.17. The Labute approximate surface area is 204 Å². The summed E-state index contributed by atoms with van der Waals surface area (Å²) in [5.41, 5.74) is 1.19. The molecule has 1 saturated heterocycles. The molecule has 176 valence electrons. The van der Waals surface area contributed by atoms with Gasteiger partial charge in [-0.15, -0.1) is 0 Å². The summed E-state index contributed by atoms with van der Waals surface area (Å²) < 4.78 is 12.7. The number of carbonyl (C=O) groups is 2. The first-order valence-electron chi connectivity index (χ1n) is 11.0. The van der Waals surface area contributed by atoms with Gasteiger partial charge in [-0.3, -0.25) is 19.0 Å². The number of carbonyl (C=O) groups excluding carboxylic acids is 2. The summed E-state index contributed by atoms with van der Waals surface area (Å²) in [7, 11) is 0. The van der Waals surface area contributed by atoms with Gasteiger partial charge in [-0.05, 0) is 56.2 Å². The third-order valence-electron chi connectivity index (χ3n) is 5.84. The predicted octanol–water partition coefficient (Wildman–Crippen LogP) is 3.92. The molecule has 5 rings (SSSR count). The van der Waals surface area contributed by atoms with Crippen molar-refractivity contribution < 1.29 is 19.1 Å². The van der Waals surface area contributed by atoms with E-state index >= 15 is 0 Å². The molecule has 1 aromatic heterocycles. The van der Waals surface area contributed by atoms with Crippen LogP contribution in [0.3, 0.4) is 0 Å². The number of thioether (sulfide) groups is 1. The van der Waals surface area contributed by atoms with Gasteiger partial charge in [0.25, 0.3) is 11.5 Å². The third kappa shape index (κ3) is 4.55. The maximum Gasteiger partial charge on any atom is 0.262 e. The fourth-order valence-corrected chi connectivity index (χ4v) is 5.26. The molecule has 2 aliphatic heterocycles. The largest absolute Gasteiger partial charge is 0.482 e. The summed E-state index contributed by atoms with van der Waals surface area (Å²) in [6, 6.07) is 9.94. The lowest BCUT2D eigenvalue weighted by Crippen LogP contribution is -2.29. The van der Waals surface area contributed by atoms with E-state index in [1.54, 1.807) is 47.9 Å². The maximum absolute atomic E-state index is 13.3. The number of ketones is 1. The molecule has 1 amide bonds. The highest BCUT2D eigenvalue weighted by Gasteiger charge is 2.25. The van der Waals surface area contributed by atoms with Crippen molar-refractivity contribution in [3.8, 4) is 5.75 Å². The molecule has 10 heteroatoms. The van der Waals surface area contributed by atoms with E-state index in [9.17, 15) is 14.4 Å². The first-order chi connectivity index (χ1) is 16.4. The number of fused-ring (bicyclic) bond motifs is 2. The Bertz CT molecular complexity index is 1350. The topological polar surface area (TPSA) is 99.5 Å². The van der Waals surface area contributed by atoms with Crippen molar-refractivity contribution in [3.05, 3.63) is 57.3 Å². The number of hydrogen-bond acceptors (Lipinski definition) is 7. The number of Topliss-reactive ketones (excluding diaryl/α,β-unsaturated/α-hetero) is 1. The van der Waals surface area contributed by atoms with Crippen LogP contribution in [0.15, 0.2) is 46.3 Å². The molecule has 2 aromatic carbocycles. The number of amides is 1. The molecule has 2 atom stereocenters. The molecular weight excluding hydrogens is 478 g/mol. The Morgan fingerprint density at radius 2 is 2.15 bits per heavy atom. The fraction of sp³-hybridized carbons (Fsp3) is 0.333. The van der Waals surface area contributed by atoms with Gasteiger partial charge in [0.15, 0.2) is 17.5 Å². The molecule has 0 bridgehead atoms. The zero-order valence-electron chi connectivity index (χ0n) is 18.4. The van der Waals surface area contributed by atoms with Gasteiger partial charge in [-0.2, -0.15) is 0 Å². The fourth-order valence-electron chi connectivity index (χ4n) is 4.10. The Hall–Kier alpha value is -2.88. The molecule has 34 heavy (non-hydrogen) atoms. The summed E-state index contributed by atoms with van der Waals surface area (Å²) in [4.78, 5) is 42.9. The molecule has 0 radical (unpaired) electrons. The van der Waals surface area contributed by atoms with Crippen molar-refractivity contribution in [2.45, 2.75) is 42.8 Å². The molecule has 8 nitrogen and oxygen atoms in total. The molecule has 0 spiro atoms. The van der Waals surface area contributed by atoms with Gasteiger partial charge < -0.3 is 14.8 Å². The first kappa shape index (κ1) is 22.9. The SMILES string of the molecule is C[C@@H](Sc1nc2cc(Cl)ccc2c(=O)n1C[C@@H]1CCCO1)C(=O)c1ccc2c(c1)NC(=O)CO2. The number of benzene rings is 2. The van der Waals surface area contributed by atoms with Crippen molar-refractivity contribution in [2.24, 2.45) is 0 Å². The van der Waals surface area contributed by atoms with Crippen LogP contribution < -0.4 is 15.6 Å². The number of rotatable bonds is 6. The predicted molar refractivity (Wildman–Crippen MR) is 130 cm³/mol. The molecule has 1 fully saturated rings. The van der Waals surface area contributed by atoms with Gasteiger partial charge in [0.2, 0.25) is 0 Å². The summed E-state index contributed by atoms with van der Waals surface area (Å²) in [5.74, 6) is 0.100. The van der Waals surface area contributed by atoms with Gasteiger partial charge >= 0.3 is 0 Å². The van der Waals surface area contributed by atoms with Gasteiger partial charge in [0, 0.05) is 17.2 Å². The highest BCUT2D eigenvalue weighted by Crippen LogP contribution is 2.31. The van der Waals surface area contributed by atoms with Crippen LogP contribution in [-0.4, -0.2) is 45.8 Å². The molecule has 1 N–H and O–H groups in total. The Morgan fingerprint density at radius 3 is 2.94 bits per heavy atom. The normalized spacial score (nSPS) is 18.3. The minimum absolute atomic E-state index is 0.0492. The highest BCUT2D eigenvalue weighted by atomic mass is 35.5. The van der Waals surface area contributed by atoms with Crippen molar-refractivity contribution >= 4 is 51.6 Å². The minimum Gasteiger partial charge on any atom is -0.482 e. The smallest absolute Gasteiger partial charge is 0.262 e. The zero-order chi connectivity index (χ0) is 23.8. The average molecular weight is 500 g/mol. The van der Waals surface area contributed by atoms with Crippen molar-refractivity contribution in [2.75, 3.05) is 18.5 Å². The molecule has 3 heterocycles. The van der Waals surface area contributed by atoms with Gasteiger partial charge in [0.1, 0.15) is 5.75 Å². The Balaban J connectivity index is 1.47. The summed E-state index contributed by atoms with van der Waals surface area (Å²) >= 11 is 7.35. The molecular formula is C24H22ClN3O5S. The van der Waals surface area contributed by atoms with E-state index in [1.165, 1.54) is 11.8 Å². The van der Waals surface area contributed by atoms with Crippen molar-refractivity contribution in [1.82, 2.24) is 9.55 Å². The van der Waals surface area contributed by atoms with E-state index in [2.05, 4.69) is 5.32 Å². The maximum atomic E-state index is 13.3. The zero-order valence-corrected chi connectivity index (χ0v) is 19.9. The minimum atomic E-state index is -0.544. The lowest BCUT2D eigenvalue weighted by Gasteiger charge is -2.20. The second kappa shape index (κ2) is 9.40. The number of nitrogens with zero attached hydrogens (tertiary/aromatic N) is 2. The first-order valence-corrected chi connectivity index (χ1v) is 12.2. The number of anilines is 1. The highest BCUT2D eigenvalue weighted by molar-refractivity contribution is 8.00. The monoisotopic (exact) mass is 499 g/mol. The second-order valence-electron chi connectivity index (χ2n) is 8.28. The quantitative estimate of drug-likeness (QED) is 0.311. The van der Waals surface area contributed by atoms with Crippen LogP contribution >= 0.6 is 23.4 Å². The molecule has 0 aliphatic carbocycles. The number of nitrogens with one attached hydrogen (secondary N) is 1. The lowest BCUT2D eigenvalue weighted by molar-refractivity contribution is -0.118. The van der Waals surface area contributed by atoms with E-state index < -0.39 is 5.25 Å². The Morgan fingerprint density at radius 1 is 1.29 bits per heavy atom. The van der Waals surface area contributed by atoms with E-state index in [-0.39, 0.29) is 30.0 Å². The molecule has 2 aliphatic rings. The van der Waals surface area contributed by atoms with E-state index in [0.717, 1.165) is 12.8 Å². The second-order valence-corrected chi connectivity index (χ2v) is 10.0. The number of hydrogen-bond donors (Lipinski definition) is 1. The van der Waals surface area contributed by atoms with Gasteiger partial charge in [-0.1, -0.05) is 23.4 Å². The Kier molecular flexibility index (Phi) is 6.33.